The lowest BCUT2D eigenvalue weighted by Gasteiger charge is -2.07. The second-order valence-corrected chi connectivity index (χ2v) is 7.02. The lowest BCUT2D eigenvalue weighted by Crippen LogP contribution is -2.24. The van der Waals surface area contributed by atoms with Crippen LogP contribution < -0.4 is 5.32 Å². The first-order valence-electron chi connectivity index (χ1n) is 8.09. The molecule has 0 radical (unpaired) electrons. The van der Waals surface area contributed by atoms with E-state index in [2.05, 4.69) is 20.1 Å². The van der Waals surface area contributed by atoms with E-state index in [-0.39, 0.29) is 11.7 Å². The first kappa shape index (κ1) is 15.3. The van der Waals surface area contributed by atoms with Gasteiger partial charge >= 0.3 is 0 Å². The summed E-state index contributed by atoms with van der Waals surface area (Å²) in [5, 5.41) is 11.8. The average Bonchev–Trinajstić information content (AvgIpc) is 3.11. The number of aromatic nitrogens is 3. The maximum Gasteiger partial charge on any atom is 0.261 e. The molecule has 0 aliphatic carbocycles. The van der Waals surface area contributed by atoms with E-state index < -0.39 is 0 Å². The molecule has 4 rings (SSSR count). The van der Waals surface area contributed by atoms with Crippen LogP contribution in [0.3, 0.4) is 0 Å². The topological polar surface area (TPSA) is 59.8 Å². The van der Waals surface area contributed by atoms with Gasteiger partial charge in [0.25, 0.3) is 5.91 Å². The number of benzene rings is 1. The van der Waals surface area contributed by atoms with Crippen molar-refractivity contribution in [1.82, 2.24) is 20.1 Å². The Bertz CT molecular complexity index is 901. The summed E-state index contributed by atoms with van der Waals surface area (Å²) in [7, 11) is 0. The number of hydrogen-bond donors (Lipinski definition) is 1. The van der Waals surface area contributed by atoms with Crippen molar-refractivity contribution in [3.63, 3.8) is 0 Å². The standard InChI is InChI=1S/C17H17FN4OS/c18-12-5-4-6-13-11(12)9-14(24-13)17(23)19-10-16-21-20-15-7-2-1-3-8-22(15)16/h4-6,9H,1-3,7-8,10H2,(H,19,23). The van der Waals surface area contributed by atoms with E-state index in [9.17, 15) is 9.18 Å². The van der Waals surface area contributed by atoms with Gasteiger partial charge in [-0.3, -0.25) is 4.79 Å². The van der Waals surface area contributed by atoms with Crippen LogP contribution in [0.1, 0.15) is 40.6 Å². The second kappa shape index (κ2) is 6.32. The number of aryl methyl sites for hydroxylation is 1. The fourth-order valence-corrected chi connectivity index (χ4v) is 4.05. The van der Waals surface area contributed by atoms with E-state index in [1.54, 1.807) is 12.1 Å². The molecule has 0 saturated heterocycles. The number of fused-ring (bicyclic) bond motifs is 2. The molecular weight excluding hydrogens is 327 g/mol. The van der Waals surface area contributed by atoms with Crippen LogP contribution in [0.4, 0.5) is 4.39 Å². The van der Waals surface area contributed by atoms with Crippen LogP contribution in [0.2, 0.25) is 0 Å². The maximum atomic E-state index is 13.8. The van der Waals surface area contributed by atoms with Gasteiger partial charge < -0.3 is 9.88 Å². The summed E-state index contributed by atoms with van der Waals surface area (Å²) < 4.78 is 16.6. The molecule has 1 N–H and O–H groups in total. The van der Waals surface area contributed by atoms with Gasteiger partial charge in [-0.2, -0.15) is 0 Å². The van der Waals surface area contributed by atoms with Gasteiger partial charge in [-0.15, -0.1) is 21.5 Å². The minimum absolute atomic E-state index is 0.207. The van der Waals surface area contributed by atoms with Gasteiger partial charge in [-0.1, -0.05) is 12.5 Å². The first-order valence-corrected chi connectivity index (χ1v) is 8.91. The number of hydrogen-bond acceptors (Lipinski definition) is 4. The number of carbonyl (C=O) groups is 1. The van der Waals surface area contributed by atoms with Crippen molar-refractivity contribution in [2.24, 2.45) is 0 Å². The summed E-state index contributed by atoms with van der Waals surface area (Å²) in [6, 6.07) is 6.48. The van der Waals surface area contributed by atoms with Crippen molar-refractivity contribution in [2.45, 2.75) is 38.8 Å². The molecule has 0 atom stereocenters. The molecule has 1 aliphatic rings. The van der Waals surface area contributed by atoms with Crippen molar-refractivity contribution < 1.29 is 9.18 Å². The number of nitrogens with one attached hydrogen (secondary N) is 1. The number of amides is 1. The molecule has 3 heterocycles. The van der Waals surface area contributed by atoms with E-state index in [1.807, 2.05) is 6.07 Å². The zero-order valence-electron chi connectivity index (χ0n) is 13.1. The Morgan fingerprint density at radius 1 is 1.29 bits per heavy atom. The summed E-state index contributed by atoms with van der Waals surface area (Å²) in [5.41, 5.74) is 0. The third kappa shape index (κ3) is 2.80. The molecule has 0 saturated carbocycles. The van der Waals surface area contributed by atoms with E-state index in [4.69, 9.17) is 0 Å². The minimum Gasteiger partial charge on any atom is -0.344 e. The van der Waals surface area contributed by atoms with E-state index in [0.717, 1.165) is 42.2 Å². The number of nitrogens with zero attached hydrogens (tertiary/aromatic N) is 3. The predicted molar refractivity (Wildman–Crippen MR) is 90.5 cm³/mol. The lowest BCUT2D eigenvalue weighted by molar-refractivity contribution is 0.0953. The van der Waals surface area contributed by atoms with E-state index in [0.29, 0.717) is 16.8 Å². The fraction of sp³-hybridized carbons (Fsp3) is 0.353. The molecular formula is C17H17FN4OS. The number of rotatable bonds is 3. The Labute approximate surface area is 142 Å². The van der Waals surface area contributed by atoms with Gasteiger partial charge in [-0.05, 0) is 31.0 Å². The zero-order valence-corrected chi connectivity index (χ0v) is 13.9. The molecule has 1 aliphatic heterocycles. The highest BCUT2D eigenvalue weighted by Crippen LogP contribution is 2.27. The summed E-state index contributed by atoms with van der Waals surface area (Å²) in [6.45, 7) is 1.24. The Kier molecular flexibility index (Phi) is 4.02. The van der Waals surface area contributed by atoms with Crippen LogP contribution in [-0.4, -0.2) is 20.7 Å². The second-order valence-electron chi connectivity index (χ2n) is 5.94. The molecule has 0 bridgehead atoms. The van der Waals surface area contributed by atoms with Crippen LogP contribution in [0.25, 0.3) is 10.1 Å². The maximum absolute atomic E-state index is 13.8. The van der Waals surface area contributed by atoms with Crippen molar-refractivity contribution in [3.8, 4) is 0 Å². The highest BCUT2D eigenvalue weighted by atomic mass is 32.1. The molecule has 124 valence electrons. The van der Waals surface area contributed by atoms with E-state index in [1.165, 1.54) is 23.8 Å². The molecule has 5 nitrogen and oxygen atoms in total. The summed E-state index contributed by atoms with van der Waals surface area (Å²) in [6.07, 6.45) is 4.39. The number of halogens is 1. The fourth-order valence-electron chi connectivity index (χ4n) is 3.06. The third-order valence-corrected chi connectivity index (χ3v) is 5.42. The van der Waals surface area contributed by atoms with Crippen LogP contribution in [0.15, 0.2) is 24.3 Å². The van der Waals surface area contributed by atoms with Gasteiger partial charge in [-0.25, -0.2) is 4.39 Å². The SMILES string of the molecule is O=C(NCc1nnc2n1CCCCC2)c1cc2c(F)cccc2s1. The van der Waals surface area contributed by atoms with Crippen molar-refractivity contribution in [3.05, 3.63) is 46.6 Å². The Balaban J connectivity index is 1.50. The predicted octanol–water partition coefficient (Wildman–Crippen LogP) is 3.29. The van der Waals surface area contributed by atoms with Crippen LogP contribution in [0, 0.1) is 5.82 Å². The summed E-state index contributed by atoms with van der Waals surface area (Å²) >= 11 is 1.29. The molecule has 3 aromatic rings. The number of thiophene rings is 1. The molecule has 24 heavy (non-hydrogen) atoms. The molecule has 0 unspecified atom stereocenters. The van der Waals surface area contributed by atoms with Gasteiger partial charge in [0.1, 0.15) is 11.6 Å². The van der Waals surface area contributed by atoms with Crippen LogP contribution in [0.5, 0.6) is 0 Å². The molecule has 2 aromatic heterocycles. The minimum atomic E-state index is -0.300. The number of carbonyl (C=O) groups excluding carboxylic acids is 1. The quantitative estimate of drug-likeness (QED) is 0.793. The van der Waals surface area contributed by atoms with Gasteiger partial charge in [0, 0.05) is 23.1 Å². The molecule has 1 aromatic carbocycles. The molecule has 0 spiro atoms. The van der Waals surface area contributed by atoms with Crippen molar-refractivity contribution >= 4 is 27.3 Å². The Morgan fingerprint density at radius 3 is 3.08 bits per heavy atom. The Morgan fingerprint density at radius 2 is 2.21 bits per heavy atom. The van der Waals surface area contributed by atoms with E-state index >= 15 is 0 Å². The van der Waals surface area contributed by atoms with Gasteiger partial charge in [0.15, 0.2) is 5.82 Å². The van der Waals surface area contributed by atoms with Gasteiger partial charge in [0.2, 0.25) is 0 Å². The summed E-state index contributed by atoms with van der Waals surface area (Å²) in [5.74, 6) is 1.28. The van der Waals surface area contributed by atoms with Gasteiger partial charge in [0.05, 0.1) is 11.4 Å². The van der Waals surface area contributed by atoms with Crippen LogP contribution >= 0.6 is 11.3 Å². The third-order valence-electron chi connectivity index (χ3n) is 4.33. The molecule has 7 heteroatoms. The highest BCUT2D eigenvalue weighted by molar-refractivity contribution is 7.20. The van der Waals surface area contributed by atoms with Crippen LogP contribution in [-0.2, 0) is 19.5 Å². The zero-order chi connectivity index (χ0) is 16.5. The monoisotopic (exact) mass is 344 g/mol. The molecule has 1 amide bonds. The lowest BCUT2D eigenvalue weighted by atomic mass is 10.2. The molecule has 0 fully saturated rings. The first-order chi connectivity index (χ1) is 11.7. The largest absolute Gasteiger partial charge is 0.344 e. The highest BCUT2D eigenvalue weighted by Gasteiger charge is 2.17. The average molecular weight is 344 g/mol. The van der Waals surface area contributed by atoms with Crippen molar-refractivity contribution in [2.75, 3.05) is 0 Å². The summed E-state index contributed by atoms with van der Waals surface area (Å²) in [4.78, 5) is 12.9. The normalized spacial score (nSPS) is 14.4. The smallest absolute Gasteiger partial charge is 0.261 e. The Hall–Kier alpha value is -2.28. The van der Waals surface area contributed by atoms with Crippen molar-refractivity contribution in [1.29, 1.82) is 0 Å².